The molecule has 2 heterocycles. The van der Waals surface area contributed by atoms with Gasteiger partial charge in [-0.3, -0.25) is 4.79 Å². The van der Waals surface area contributed by atoms with E-state index in [-0.39, 0.29) is 17.5 Å². The topological polar surface area (TPSA) is 67.4 Å². The Kier molecular flexibility index (Phi) is 5.22. The lowest BCUT2D eigenvalue weighted by Gasteiger charge is -2.28. The molecule has 27 heavy (non-hydrogen) atoms. The molecule has 0 radical (unpaired) electrons. The van der Waals surface area contributed by atoms with Crippen molar-refractivity contribution in [2.75, 3.05) is 36.5 Å². The van der Waals surface area contributed by atoms with Gasteiger partial charge in [0.15, 0.2) is 0 Å². The first-order valence-electron chi connectivity index (χ1n) is 9.03. The number of ether oxygens (including phenoxy) is 1. The average molecular weight is 391 g/mol. The number of hydrogen-bond acceptors (Lipinski definition) is 5. The molecule has 1 N–H and O–H groups in total. The summed E-state index contributed by atoms with van der Waals surface area (Å²) < 4.78 is 19.3. The van der Waals surface area contributed by atoms with Crippen molar-refractivity contribution in [2.24, 2.45) is 5.92 Å². The van der Waals surface area contributed by atoms with Crippen molar-refractivity contribution in [1.82, 2.24) is 9.97 Å². The number of aryl methyl sites for hydroxylation is 1. The first kappa shape index (κ1) is 18.1. The highest BCUT2D eigenvalue weighted by Crippen LogP contribution is 2.27. The first-order valence-corrected chi connectivity index (χ1v) is 9.41. The van der Waals surface area contributed by atoms with Crippen molar-refractivity contribution >= 4 is 29.1 Å². The lowest BCUT2D eigenvalue weighted by atomic mass is 9.86. The molecule has 6 nitrogen and oxygen atoms in total. The fourth-order valence-corrected chi connectivity index (χ4v) is 3.62. The smallest absolute Gasteiger partial charge is 0.227 e. The Hall–Kier alpha value is -2.25. The third-order valence-corrected chi connectivity index (χ3v) is 5.23. The van der Waals surface area contributed by atoms with E-state index in [0.717, 1.165) is 30.3 Å². The van der Waals surface area contributed by atoms with Crippen LogP contribution in [-0.4, -0.2) is 42.2 Å². The van der Waals surface area contributed by atoms with Gasteiger partial charge in [-0.05, 0) is 43.0 Å². The van der Waals surface area contributed by atoms with Crippen LogP contribution in [0.5, 0.6) is 0 Å². The predicted octanol–water partition coefficient (Wildman–Crippen LogP) is 2.85. The average Bonchev–Trinajstić information content (AvgIpc) is 2.70. The number of amides is 1. The molecule has 1 saturated heterocycles. The third-order valence-electron chi connectivity index (χ3n) is 4.99. The van der Waals surface area contributed by atoms with Crippen LogP contribution in [0.25, 0.3) is 0 Å². The number of fused-ring (bicyclic) bond motifs is 1. The van der Waals surface area contributed by atoms with Crippen molar-refractivity contribution in [3.63, 3.8) is 0 Å². The molecule has 1 aliphatic heterocycles. The van der Waals surface area contributed by atoms with Gasteiger partial charge in [0.25, 0.3) is 0 Å². The monoisotopic (exact) mass is 390 g/mol. The summed E-state index contributed by atoms with van der Waals surface area (Å²) in [6, 6.07) is 4.22. The quantitative estimate of drug-likeness (QED) is 0.872. The number of anilines is 2. The van der Waals surface area contributed by atoms with Gasteiger partial charge in [0.1, 0.15) is 5.82 Å². The van der Waals surface area contributed by atoms with Gasteiger partial charge in [0.05, 0.1) is 18.9 Å². The Morgan fingerprint density at radius 2 is 2.15 bits per heavy atom. The fraction of sp³-hybridized carbons (Fsp3) is 0.421. The number of nitrogens with one attached hydrogen (secondary N) is 1. The van der Waals surface area contributed by atoms with Crippen LogP contribution in [0, 0.1) is 11.7 Å². The van der Waals surface area contributed by atoms with E-state index in [1.807, 2.05) is 6.20 Å². The molecule has 1 amide bonds. The van der Waals surface area contributed by atoms with Crippen LogP contribution in [0.15, 0.2) is 24.4 Å². The highest BCUT2D eigenvalue weighted by molar-refractivity contribution is 6.30. The summed E-state index contributed by atoms with van der Waals surface area (Å²) in [5.41, 5.74) is 2.12. The van der Waals surface area contributed by atoms with E-state index in [2.05, 4.69) is 15.2 Å². The van der Waals surface area contributed by atoms with Gasteiger partial charge in [0.2, 0.25) is 11.9 Å². The number of aromatic nitrogens is 2. The molecule has 2 aliphatic rings. The maximum absolute atomic E-state index is 13.9. The molecule has 2 aromatic rings. The summed E-state index contributed by atoms with van der Waals surface area (Å²) in [5.74, 6) is -0.238. The van der Waals surface area contributed by atoms with Gasteiger partial charge < -0.3 is 15.0 Å². The van der Waals surface area contributed by atoms with E-state index < -0.39 is 5.82 Å². The normalized spacial score (nSPS) is 19.5. The van der Waals surface area contributed by atoms with Crippen LogP contribution in [0.1, 0.15) is 17.7 Å². The van der Waals surface area contributed by atoms with Crippen LogP contribution < -0.4 is 10.2 Å². The number of halogens is 2. The Balaban J connectivity index is 1.44. The molecule has 1 atom stereocenters. The fourth-order valence-electron chi connectivity index (χ4n) is 3.46. The van der Waals surface area contributed by atoms with Crippen molar-refractivity contribution < 1.29 is 13.9 Å². The minimum absolute atomic E-state index is 0.147. The van der Waals surface area contributed by atoms with Crippen LogP contribution in [0.3, 0.4) is 0 Å². The maximum Gasteiger partial charge on any atom is 0.227 e. The van der Waals surface area contributed by atoms with Crippen LogP contribution in [-0.2, 0) is 22.4 Å². The number of rotatable bonds is 3. The second-order valence-electron chi connectivity index (χ2n) is 6.79. The third kappa shape index (κ3) is 4.04. The SMILES string of the molecule is O=C(Nc1ccc(Cl)cc1F)[C@@H]1CCc2nc(N3CCOCC3)ncc2C1. The van der Waals surface area contributed by atoms with E-state index in [1.165, 1.54) is 12.1 Å². The van der Waals surface area contributed by atoms with E-state index in [0.29, 0.717) is 37.5 Å². The molecule has 0 bridgehead atoms. The van der Waals surface area contributed by atoms with E-state index in [4.69, 9.17) is 21.3 Å². The number of benzene rings is 1. The summed E-state index contributed by atoms with van der Waals surface area (Å²) in [6.45, 7) is 2.95. The van der Waals surface area contributed by atoms with Crippen molar-refractivity contribution in [3.05, 3.63) is 46.5 Å². The van der Waals surface area contributed by atoms with Gasteiger partial charge in [-0.1, -0.05) is 11.6 Å². The van der Waals surface area contributed by atoms with E-state index in [1.54, 1.807) is 6.07 Å². The molecule has 1 aliphatic carbocycles. The Labute approximate surface area is 161 Å². The van der Waals surface area contributed by atoms with Gasteiger partial charge in [-0.2, -0.15) is 0 Å². The number of hydrogen-bond donors (Lipinski definition) is 1. The summed E-state index contributed by atoms with van der Waals surface area (Å²) in [7, 11) is 0. The van der Waals surface area contributed by atoms with Crippen LogP contribution >= 0.6 is 11.6 Å². The molecule has 8 heteroatoms. The van der Waals surface area contributed by atoms with Gasteiger partial charge in [-0.15, -0.1) is 0 Å². The van der Waals surface area contributed by atoms with Gasteiger partial charge in [-0.25, -0.2) is 14.4 Å². The van der Waals surface area contributed by atoms with Crippen molar-refractivity contribution in [2.45, 2.75) is 19.3 Å². The second kappa shape index (κ2) is 7.78. The minimum Gasteiger partial charge on any atom is -0.378 e. The van der Waals surface area contributed by atoms with E-state index in [9.17, 15) is 9.18 Å². The highest BCUT2D eigenvalue weighted by atomic mass is 35.5. The molecule has 0 saturated carbocycles. The Morgan fingerprint density at radius 3 is 2.93 bits per heavy atom. The number of nitrogens with zero attached hydrogens (tertiary/aromatic N) is 3. The molecule has 142 valence electrons. The molecule has 0 unspecified atom stereocenters. The zero-order chi connectivity index (χ0) is 18.8. The molecule has 1 fully saturated rings. The van der Waals surface area contributed by atoms with Gasteiger partial charge >= 0.3 is 0 Å². The van der Waals surface area contributed by atoms with Crippen molar-refractivity contribution in [1.29, 1.82) is 0 Å². The maximum atomic E-state index is 13.9. The highest BCUT2D eigenvalue weighted by Gasteiger charge is 2.27. The Morgan fingerprint density at radius 1 is 1.33 bits per heavy atom. The molecule has 0 spiro atoms. The molecular weight excluding hydrogens is 371 g/mol. The molecule has 4 rings (SSSR count). The van der Waals surface area contributed by atoms with Gasteiger partial charge in [0, 0.05) is 35.9 Å². The first-order chi connectivity index (χ1) is 13.1. The summed E-state index contributed by atoms with van der Waals surface area (Å²) in [4.78, 5) is 23.8. The van der Waals surface area contributed by atoms with Crippen LogP contribution in [0.2, 0.25) is 5.02 Å². The molecule has 1 aromatic carbocycles. The van der Waals surface area contributed by atoms with Crippen LogP contribution in [0.4, 0.5) is 16.0 Å². The number of morpholine rings is 1. The summed E-state index contributed by atoms with van der Waals surface area (Å²) in [6.07, 6.45) is 3.75. The van der Waals surface area contributed by atoms with E-state index >= 15 is 0 Å². The predicted molar refractivity (Wildman–Crippen MR) is 101 cm³/mol. The van der Waals surface area contributed by atoms with Crippen molar-refractivity contribution in [3.8, 4) is 0 Å². The Bertz CT molecular complexity index is 858. The standard InChI is InChI=1S/C19H20ClFN4O2/c20-14-2-4-17(15(21)10-14)23-18(26)12-1-3-16-13(9-12)11-22-19(24-16)25-5-7-27-8-6-25/h2,4,10-12H,1,3,5-9H2,(H,23,26)/t12-/m1/s1. The number of carbonyl (C=O) groups excluding carboxylic acids is 1. The molecule has 1 aromatic heterocycles. The summed E-state index contributed by atoms with van der Waals surface area (Å²) in [5, 5.41) is 2.96. The zero-order valence-electron chi connectivity index (χ0n) is 14.8. The second-order valence-corrected chi connectivity index (χ2v) is 7.23. The lowest BCUT2D eigenvalue weighted by Crippen LogP contribution is -2.38. The number of carbonyl (C=O) groups is 1. The zero-order valence-corrected chi connectivity index (χ0v) is 15.5. The minimum atomic E-state index is -0.537. The summed E-state index contributed by atoms with van der Waals surface area (Å²) >= 11 is 5.75. The largest absolute Gasteiger partial charge is 0.378 e. The lowest BCUT2D eigenvalue weighted by molar-refractivity contribution is -0.120. The molecular formula is C19H20ClFN4O2.